The van der Waals surface area contributed by atoms with Crippen molar-refractivity contribution in [1.82, 2.24) is 15.1 Å². The largest absolute Gasteiger partial charge is 0.347 e. The summed E-state index contributed by atoms with van der Waals surface area (Å²) in [5.74, 6) is -0.653. The van der Waals surface area contributed by atoms with Crippen LogP contribution in [0.5, 0.6) is 0 Å². The lowest BCUT2D eigenvalue weighted by molar-refractivity contribution is 0.0943. The zero-order valence-electron chi connectivity index (χ0n) is 15.0. The molecule has 28 heavy (non-hydrogen) atoms. The Balaban J connectivity index is 1.70. The Kier molecular flexibility index (Phi) is 4.97. The number of carbonyl (C=O) groups is 1. The lowest BCUT2D eigenvalue weighted by atomic mass is 10.1. The van der Waals surface area contributed by atoms with E-state index in [1.807, 2.05) is 60.7 Å². The summed E-state index contributed by atoms with van der Waals surface area (Å²) in [6, 6.07) is 27.0. The van der Waals surface area contributed by atoms with Gasteiger partial charge in [-0.25, -0.2) is 9.07 Å². The van der Waals surface area contributed by atoms with E-state index in [4.69, 9.17) is 0 Å². The summed E-state index contributed by atoms with van der Waals surface area (Å²) < 4.78 is 15.8. The Bertz CT molecular complexity index is 1090. The zero-order chi connectivity index (χ0) is 19.3. The third-order valence-electron chi connectivity index (χ3n) is 4.39. The fraction of sp³-hybridized carbons (Fsp3) is 0.0435. The molecule has 4 aromatic rings. The average Bonchev–Trinajstić information content (AvgIpc) is 3.19. The summed E-state index contributed by atoms with van der Waals surface area (Å²) in [7, 11) is 0. The number of aromatic nitrogens is 2. The number of hydrogen-bond acceptors (Lipinski definition) is 2. The Morgan fingerprint density at radius 1 is 0.893 bits per heavy atom. The van der Waals surface area contributed by atoms with Gasteiger partial charge in [-0.1, -0.05) is 60.7 Å². The average molecular weight is 371 g/mol. The van der Waals surface area contributed by atoms with Crippen LogP contribution in [-0.2, 0) is 6.54 Å². The maximum Gasteiger partial charge on any atom is 0.270 e. The third kappa shape index (κ3) is 3.69. The van der Waals surface area contributed by atoms with Gasteiger partial charge in [0, 0.05) is 12.1 Å². The molecule has 1 heterocycles. The summed E-state index contributed by atoms with van der Waals surface area (Å²) in [5.41, 5.74) is 2.84. The van der Waals surface area contributed by atoms with Crippen LogP contribution in [0, 0.1) is 5.82 Å². The van der Waals surface area contributed by atoms with E-state index in [2.05, 4.69) is 10.4 Å². The fourth-order valence-electron chi connectivity index (χ4n) is 2.98. The number of benzene rings is 3. The fourth-order valence-corrected chi connectivity index (χ4v) is 2.98. The molecule has 1 amide bonds. The lowest BCUT2D eigenvalue weighted by Crippen LogP contribution is -2.25. The van der Waals surface area contributed by atoms with E-state index in [-0.39, 0.29) is 11.7 Å². The van der Waals surface area contributed by atoms with Crippen LogP contribution in [0.15, 0.2) is 91.0 Å². The summed E-state index contributed by atoms with van der Waals surface area (Å²) in [4.78, 5) is 12.9. The van der Waals surface area contributed by atoms with Crippen LogP contribution >= 0.6 is 0 Å². The van der Waals surface area contributed by atoms with Gasteiger partial charge in [0.25, 0.3) is 5.91 Å². The molecule has 1 aromatic heterocycles. The molecule has 0 aliphatic heterocycles. The van der Waals surface area contributed by atoms with Crippen molar-refractivity contribution in [3.05, 3.63) is 108 Å². The normalized spacial score (nSPS) is 10.6. The standard InChI is InChI=1S/C23H18FN3O/c24-20-14-8-7-13-19(20)21-15-22(27(26-21)18-11-5-2-6-12-18)23(28)25-16-17-9-3-1-4-10-17/h1-15H,16H2,(H,25,28). The molecular formula is C23H18FN3O. The number of hydrogen-bond donors (Lipinski definition) is 1. The highest BCUT2D eigenvalue weighted by Crippen LogP contribution is 2.24. The minimum absolute atomic E-state index is 0.275. The third-order valence-corrected chi connectivity index (χ3v) is 4.39. The lowest BCUT2D eigenvalue weighted by Gasteiger charge is -2.08. The summed E-state index contributed by atoms with van der Waals surface area (Å²) in [6.07, 6.45) is 0. The smallest absolute Gasteiger partial charge is 0.270 e. The second-order valence-electron chi connectivity index (χ2n) is 6.31. The number of nitrogens with zero attached hydrogens (tertiary/aromatic N) is 2. The molecule has 5 heteroatoms. The quantitative estimate of drug-likeness (QED) is 0.557. The first kappa shape index (κ1) is 17.7. The van der Waals surface area contributed by atoms with Gasteiger partial charge in [-0.15, -0.1) is 0 Å². The van der Waals surface area contributed by atoms with Crippen molar-refractivity contribution in [2.45, 2.75) is 6.54 Å². The van der Waals surface area contributed by atoms with Crippen molar-refractivity contribution in [2.24, 2.45) is 0 Å². The Morgan fingerprint density at radius 2 is 1.54 bits per heavy atom. The van der Waals surface area contributed by atoms with Crippen LogP contribution in [-0.4, -0.2) is 15.7 Å². The van der Waals surface area contributed by atoms with E-state index in [0.717, 1.165) is 11.3 Å². The molecule has 0 spiro atoms. The Labute approximate surface area is 162 Å². The van der Waals surface area contributed by atoms with E-state index in [9.17, 15) is 9.18 Å². The molecule has 0 saturated carbocycles. The molecule has 1 N–H and O–H groups in total. The van der Waals surface area contributed by atoms with E-state index >= 15 is 0 Å². The minimum atomic E-state index is -0.378. The molecule has 0 atom stereocenters. The molecule has 0 aliphatic rings. The highest BCUT2D eigenvalue weighted by Gasteiger charge is 2.18. The van der Waals surface area contributed by atoms with Gasteiger partial charge in [0.15, 0.2) is 0 Å². The molecule has 0 saturated heterocycles. The first-order chi connectivity index (χ1) is 13.7. The minimum Gasteiger partial charge on any atom is -0.347 e. The van der Waals surface area contributed by atoms with Crippen molar-refractivity contribution in [3.8, 4) is 16.9 Å². The van der Waals surface area contributed by atoms with Crippen LogP contribution in [0.4, 0.5) is 4.39 Å². The van der Waals surface area contributed by atoms with Crippen LogP contribution in [0.1, 0.15) is 16.1 Å². The predicted octanol–water partition coefficient (Wildman–Crippen LogP) is 4.61. The van der Waals surface area contributed by atoms with E-state index < -0.39 is 0 Å². The van der Waals surface area contributed by atoms with Crippen molar-refractivity contribution in [1.29, 1.82) is 0 Å². The number of amides is 1. The molecular weight excluding hydrogens is 353 g/mol. The van der Waals surface area contributed by atoms with Crippen LogP contribution in [0.2, 0.25) is 0 Å². The summed E-state index contributed by atoms with van der Waals surface area (Å²) in [6.45, 7) is 0.397. The first-order valence-corrected chi connectivity index (χ1v) is 8.95. The Hall–Kier alpha value is -3.73. The monoisotopic (exact) mass is 371 g/mol. The molecule has 0 unspecified atom stereocenters. The SMILES string of the molecule is O=C(NCc1ccccc1)c1cc(-c2ccccc2F)nn1-c1ccccc1. The van der Waals surface area contributed by atoms with Crippen molar-refractivity contribution < 1.29 is 9.18 Å². The number of para-hydroxylation sites is 1. The van der Waals surface area contributed by atoms with E-state index in [0.29, 0.717) is 23.5 Å². The number of rotatable bonds is 5. The predicted molar refractivity (Wildman–Crippen MR) is 107 cm³/mol. The molecule has 4 rings (SSSR count). The van der Waals surface area contributed by atoms with Crippen LogP contribution in [0.3, 0.4) is 0 Å². The molecule has 0 aliphatic carbocycles. The second kappa shape index (κ2) is 7.88. The van der Waals surface area contributed by atoms with Gasteiger partial charge >= 0.3 is 0 Å². The van der Waals surface area contributed by atoms with Gasteiger partial charge in [0.1, 0.15) is 11.5 Å². The maximum absolute atomic E-state index is 14.2. The molecule has 4 nitrogen and oxygen atoms in total. The van der Waals surface area contributed by atoms with Crippen molar-refractivity contribution >= 4 is 5.91 Å². The second-order valence-corrected chi connectivity index (χ2v) is 6.31. The van der Waals surface area contributed by atoms with Crippen molar-refractivity contribution in [2.75, 3.05) is 0 Å². The molecule has 0 fully saturated rings. The maximum atomic E-state index is 14.2. The molecule has 138 valence electrons. The Morgan fingerprint density at radius 3 is 2.25 bits per heavy atom. The van der Waals surface area contributed by atoms with E-state index in [1.54, 1.807) is 28.9 Å². The molecule has 0 bridgehead atoms. The molecule has 3 aromatic carbocycles. The van der Waals surface area contributed by atoms with Gasteiger partial charge in [-0.3, -0.25) is 4.79 Å². The van der Waals surface area contributed by atoms with E-state index in [1.165, 1.54) is 6.07 Å². The molecule has 0 radical (unpaired) electrons. The first-order valence-electron chi connectivity index (χ1n) is 8.95. The summed E-state index contributed by atoms with van der Waals surface area (Å²) in [5, 5.41) is 7.41. The van der Waals surface area contributed by atoms with Gasteiger partial charge < -0.3 is 5.32 Å². The topological polar surface area (TPSA) is 46.9 Å². The zero-order valence-corrected chi connectivity index (χ0v) is 15.0. The number of halogens is 1. The summed E-state index contributed by atoms with van der Waals surface area (Å²) >= 11 is 0. The number of nitrogens with one attached hydrogen (secondary N) is 1. The van der Waals surface area contributed by atoms with Crippen molar-refractivity contribution in [3.63, 3.8) is 0 Å². The van der Waals surface area contributed by atoms with Gasteiger partial charge in [-0.2, -0.15) is 5.10 Å². The van der Waals surface area contributed by atoms with Crippen LogP contribution in [0.25, 0.3) is 16.9 Å². The highest BCUT2D eigenvalue weighted by atomic mass is 19.1. The van der Waals surface area contributed by atoms with Gasteiger partial charge in [0.05, 0.1) is 11.4 Å². The van der Waals surface area contributed by atoms with Gasteiger partial charge in [0.2, 0.25) is 0 Å². The van der Waals surface area contributed by atoms with Gasteiger partial charge in [-0.05, 0) is 35.9 Å². The van der Waals surface area contributed by atoms with Crippen LogP contribution < -0.4 is 5.32 Å². The number of carbonyl (C=O) groups excluding carboxylic acids is 1. The highest BCUT2D eigenvalue weighted by molar-refractivity contribution is 5.94.